The number of hydrogen-bond acceptors (Lipinski definition) is 5. The van der Waals surface area contributed by atoms with Gasteiger partial charge in [0.25, 0.3) is 5.91 Å². The average Bonchev–Trinajstić information content (AvgIpc) is 3.47. The SMILES string of the molecule is O=C(c1cc2ccccc2n1Cc1ccccc1F)N1CCN(c2nc3cccnc3s2)CC1. The molecule has 0 saturated carbocycles. The molecule has 1 aliphatic heterocycles. The van der Waals surface area contributed by atoms with E-state index in [0.717, 1.165) is 26.4 Å². The second-order valence-electron chi connectivity index (χ2n) is 8.37. The Bertz CT molecular complexity index is 1470. The molecule has 3 aromatic heterocycles. The quantitative estimate of drug-likeness (QED) is 0.378. The van der Waals surface area contributed by atoms with Gasteiger partial charge in [-0.1, -0.05) is 47.7 Å². The van der Waals surface area contributed by atoms with Gasteiger partial charge in [-0.3, -0.25) is 4.79 Å². The van der Waals surface area contributed by atoms with Crippen LogP contribution in [0, 0.1) is 5.82 Å². The lowest BCUT2D eigenvalue weighted by Gasteiger charge is -2.34. The molecule has 6 nitrogen and oxygen atoms in total. The standard InChI is InChI=1S/C26H22FN5OS/c27-20-8-3-1-7-19(20)17-32-22-10-4-2-6-18(22)16-23(32)25(33)30-12-14-31(15-13-30)26-29-21-9-5-11-28-24(21)34-26/h1-11,16H,12-15,17H2. The fourth-order valence-electron chi connectivity index (χ4n) is 4.51. The average molecular weight is 472 g/mol. The first-order valence-corrected chi connectivity index (χ1v) is 12.1. The Morgan fingerprint density at radius 2 is 1.76 bits per heavy atom. The zero-order valence-electron chi connectivity index (χ0n) is 18.4. The molecule has 1 saturated heterocycles. The number of halogens is 1. The van der Waals surface area contributed by atoms with E-state index in [9.17, 15) is 9.18 Å². The number of para-hydroxylation sites is 1. The van der Waals surface area contributed by atoms with Crippen LogP contribution in [0.5, 0.6) is 0 Å². The predicted octanol–water partition coefficient (Wildman–Crippen LogP) is 4.80. The maximum absolute atomic E-state index is 14.4. The van der Waals surface area contributed by atoms with Crippen LogP contribution in [0.4, 0.5) is 9.52 Å². The van der Waals surface area contributed by atoms with Gasteiger partial charge in [0, 0.05) is 48.8 Å². The first-order valence-electron chi connectivity index (χ1n) is 11.2. The molecule has 170 valence electrons. The first kappa shape index (κ1) is 20.8. The van der Waals surface area contributed by atoms with Gasteiger partial charge in [-0.2, -0.15) is 0 Å². The van der Waals surface area contributed by atoms with Crippen LogP contribution in [0.3, 0.4) is 0 Å². The van der Waals surface area contributed by atoms with Crippen molar-refractivity contribution in [2.45, 2.75) is 6.54 Å². The molecule has 0 N–H and O–H groups in total. The lowest BCUT2D eigenvalue weighted by atomic mass is 10.2. The number of pyridine rings is 1. The molecule has 1 amide bonds. The Labute approximate surface area is 199 Å². The van der Waals surface area contributed by atoms with E-state index in [2.05, 4.69) is 9.88 Å². The van der Waals surface area contributed by atoms with Gasteiger partial charge in [-0.05, 0) is 30.3 Å². The second kappa shape index (κ2) is 8.53. The Balaban J connectivity index is 1.25. The molecule has 0 aliphatic carbocycles. The highest BCUT2D eigenvalue weighted by molar-refractivity contribution is 7.21. The van der Waals surface area contributed by atoms with E-state index in [0.29, 0.717) is 44.0 Å². The Hall–Kier alpha value is -3.78. The summed E-state index contributed by atoms with van der Waals surface area (Å²) >= 11 is 1.58. The van der Waals surface area contributed by atoms with Gasteiger partial charge in [0.05, 0.1) is 6.54 Å². The van der Waals surface area contributed by atoms with Crippen LogP contribution in [-0.2, 0) is 6.54 Å². The van der Waals surface area contributed by atoms with Crippen LogP contribution in [0.2, 0.25) is 0 Å². The minimum absolute atomic E-state index is 0.0295. The molecule has 2 aromatic carbocycles. The van der Waals surface area contributed by atoms with Crippen molar-refractivity contribution in [3.8, 4) is 0 Å². The zero-order valence-corrected chi connectivity index (χ0v) is 19.2. The smallest absolute Gasteiger partial charge is 0.270 e. The highest BCUT2D eigenvalue weighted by Gasteiger charge is 2.27. The van der Waals surface area contributed by atoms with Crippen LogP contribution in [-0.4, -0.2) is 51.5 Å². The number of piperazine rings is 1. The van der Waals surface area contributed by atoms with Crippen LogP contribution < -0.4 is 4.90 Å². The maximum Gasteiger partial charge on any atom is 0.270 e. The molecule has 0 spiro atoms. The van der Waals surface area contributed by atoms with Gasteiger partial charge in [-0.25, -0.2) is 14.4 Å². The summed E-state index contributed by atoms with van der Waals surface area (Å²) in [7, 11) is 0. The molecule has 0 bridgehead atoms. The van der Waals surface area contributed by atoms with Crippen LogP contribution >= 0.6 is 11.3 Å². The number of aromatic nitrogens is 3. The summed E-state index contributed by atoms with van der Waals surface area (Å²) in [5.41, 5.74) is 2.97. The van der Waals surface area contributed by atoms with Crippen molar-refractivity contribution in [1.82, 2.24) is 19.4 Å². The van der Waals surface area contributed by atoms with E-state index in [1.54, 1.807) is 29.7 Å². The molecule has 8 heteroatoms. The fourth-order valence-corrected chi connectivity index (χ4v) is 5.47. The number of amides is 1. The molecule has 0 radical (unpaired) electrons. The topological polar surface area (TPSA) is 54.3 Å². The van der Waals surface area contributed by atoms with Gasteiger partial charge in [0.2, 0.25) is 0 Å². The highest BCUT2D eigenvalue weighted by atomic mass is 32.1. The molecular formula is C26H22FN5OS. The summed E-state index contributed by atoms with van der Waals surface area (Å²) in [5.74, 6) is -0.296. The van der Waals surface area contributed by atoms with Crippen LogP contribution in [0.1, 0.15) is 16.1 Å². The fraction of sp³-hybridized carbons (Fsp3) is 0.192. The number of rotatable bonds is 4. The number of anilines is 1. The van der Waals surface area contributed by atoms with Gasteiger partial charge in [-0.15, -0.1) is 0 Å². The number of fused-ring (bicyclic) bond motifs is 2. The van der Waals surface area contributed by atoms with Crippen molar-refractivity contribution in [1.29, 1.82) is 0 Å². The number of nitrogens with zero attached hydrogens (tertiary/aromatic N) is 5. The van der Waals surface area contributed by atoms with Crippen molar-refractivity contribution >= 4 is 43.6 Å². The maximum atomic E-state index is 14.4. The van der Waals surface area contributed by atoms with E-state index >= 15 is 0 Å². The molecule has 6 rings (SSSR count). The van der Waals surface area contributed by atoms with E-state index in [4.69, 9.17) is 4.98 Å². The summed E-state index contributed by atoms with van der Waals surface area (Å²) in [6, 6.07) is 20.4. The molecule has 1 fully saturated rings. The van der Waals surface area contributed by atoms with Crippen molar-refractivity contribution in [2.75, 3.05) is 31.1 Å². The van der Waals surface area contributed by atoms with E-state index in [-0.39, 0.29) is 11.7 Å². The van der Waals surface area contributed by atoms with Crippen molar-refractivity contribution in [2.24, 2.45) is 0 Å². The van der Waals surface area contributed by atoms with Crippen molar-refractivity contribution in [3.63, 3.8) is 0 Å². The second-order valence-corrected chi connectivity index (χ2v) is 9.33. The molecule has 1 aliphatic rings. The van der Waals surface area contributed by atoms with Crippen LogP contribution in [0.25, 0.3) is 21.3 Å². The Kier molecular flexibility index (Phi) is 5.22. The summed E-state index contributed by atoms with van der Waals surface area (Å²) in [5, 5.41) is 1.91. The Morgan fingerprint density at radius 1 is 0.971 bits per heavy atom. The largest absolute Gasteiger partial charge is 0.344 e. The number of thiazole rings is 1. The van der Waals surface area contributed by atoms with E-state index in [1.807, 2.05) is 58.0 Å². The lowest BCUT2D eigenvalue weighted by molar-refractivity contribution is 0.0737. The lowest BCUT2D eigenvalue weighted by Crippen LogP contribution is -2.49. The van der Waals surface area contributed by atoms with Gasteiger partial charge >= 0.3 is 0 Å². The first-order chi connectivity index (χ1) is 16.7. The zero-order chi connectivity index (χ0) is 23.1. The number of hydrogen-bond donors (Lipinski definition) is 0. The highest BCUT2D eigenvalue weighted by Crippen LogP contribution is 2.28. The molecule has 5 aromatic rings. The van der Waals surface area contributed by atoms with Gasteiger partial charge in [0.15, 0.2) is 5.13 Å². The van der Waals surface area contributed by atoms with Crippen molar-refractivity contribution < 1.29 is 9.18 Å². The third kappa shape index (κ3) is 3.70. The molecule has 0 unspecified atom stereocenters. The van der Waals surface area contributed by atoms with Gasteiger partial charge in [0.1, 0.15) is 21.9 Å². The molecular weight excluding hydrogens is 449 g/mol. The number of carbonyl (C=O) groups excluding carboxylic acids is 1. The molecule has 0 atom stereocenters. The van der Waals surface area contributed by atoms with Crippen LogP contribution in [0.15, 0.2) is 72.9 Å². The van der Waals surface area contributed by atoms with Gasteiger partial charge < -0.3 is 14.4 Å². The summed E-state index contributed by atoms with van der Waals surface area (Å²) in [6.07, 6.45) is 1.78. The third-order valence-corrected chi connectivity index (χ3v) is 7.35. The summed E-state index contributed by atoms with van der Waals surface area (Å²) in [4.78, 5) is 27.7. The third-order valence-electron chi connectivity index (χ3n) is 6.31. The van der Waals surface area contributed by atoms with E-state index in [1.165, 1.54) is 6.07 Å². The molecule has 34 heavy (non-hydrogen) atoms. The molecule has 4 heterocycles. The van der Waals surface area contributed by atoms with Crippen molar-refractivity contribution in [3.05, 3.63) is 90.0 Å². The monoisotopic (exact) mass is 471 g/mol. The Morgan fingerprint density at radius 3 is 2.59 bits per heavy atom. The number of benzene rings is 2. The normalized spacial score (nSPS) is 14.3. The van der Waals surface area contributed by atoms with E-state index < -0.39 is 0 Å². The minimum atomic E-state index is -0.266. The predicted molar refractivity (Wildman–Crippen MR) is 133 cm³/mol. The summed E-state index contributed by atoms with van der Waals surface area (Å²) in [6.45, 7) is 2.92. The minimum Gasteiger partial charge on any atom is -0.344 e. The summed E-state index contributed by atoms with van der Waals surface area (Å²) < 4.78 is 16.4. The number of carbonyl (C=O) groups is 1.